The number of carboxylic acid groups (broad SMARTS) is 1. The summed E-state index contributed by atoms with van der Waals surface area (Å²) in [5.41, 5.74) is 2.86. The highest BCUT2D eigenvalue weighted by molar-refractivity contribution is 6.32. The third-order valence-electron chi connectivity index (χ3n) is 3.59. The molecule has 2 aromatic rings. The molecular weight excluding hydrogens is 313 g/mol. The van der Waals surface area contributed by atoms with E-state index in [1.165, 1.54) is 6.08 Å². The fraction of sp³-hybridized carbons (Fsp3) is 0.267. The highest BCUT2D eigenvalue weighted by Gasteiger charge is 2.22. The highest BCUT2D eigenvalue weighted by Crippen LogP contribution is 2.36. The molecule has 0 atom stereocenters. The average molecular weight is 328 g/mol. The van der Waals surface area contributed by atoms with Crippen molar-refractivity contribution in [2.75, 3.05) is 13.6 Å². The summed E-state index contributed by atoms with van der Waals surface area (Å²) in [7, 11) is 2.03. The zero-order valence-electron chi connectivity index (χ0n) is 11.4. The molecule has 6 heteroatoms. The predicted molar refractivity (Wildman–Crippen MR) is 85.2 cm³/mol. The monoisotopic (exact) mass is 327 g/mol. The van der Waals surface area contributed by atoms with Gasteiger partial charge in [0, 0.05) is 35.1 Å². The van der Waals surface area contributed by atoms with Crippen molar-refractivity contribution < 1.29 is 14.3 Å². The number of likely N-dealkylation sites (N-methyl/N-ethyl adjacent to an activating group) is 1. The molecule has 1 aromatic carbocycles. The zero-order chi connectivity index (χ0) is 14.3. The standard InChI is InChI=1S/C15H14ClNO3.ClH/c1-17-7-6-9-11(16)2-3-13-15(9)10(8-17)12(20-13)4-5-14(18)19;/h2-5H,6-8H2,1H3,(H,18,19);1H. The Balaban J connectivity index is 0.00000161. The predicted octanol–water partition coefficient (Wildman–Crippen LogP) is 3.59. The summed E-state index contributed by atoms with van der Waals surface area (Å²) in [5, 5.41) is 10.5. The number of furan rings is 1. The summed E-state index contributed by atoms with van der Waals surface area (Å²) in [5.74, 6) is -0.391. The Kier molecular flexibility index (Phi) is 4.61. The van der Waals surface area contributed by atoms with Crippen molar-refractivity contribution in [3.05, 3.63) is 40.1 Å². The number of aliphatic carboxylic acids is 1. The summed E-state index contributed by atoms with van der Waals surface area (Å²) in [4.78, 5) is 12.9. The van der Waals surface area contributed by atoms with E-state index in [-0.39, 0.29) is 12.4 Å². The van der Waals surface area contributed by atoms with Gasteiger partial charge in [-0.1, -0.05) is 11.6 Å². The van der Waals surface area contributed by atoms with Gasteiger partial charge in [-0.05, 0) is 37.2 Å². The summed E-state index contributed by atoms with van der Waals surface area (Å²) in [6, 6.07) is 3.68. The second-order valence-corrected chi connectivity index (χ2v) is 5.41. The fourth-order valence-electron chi connectivity index (χ4n) is 2.65. The van der Waals surface area contributed by atoms with Gasteiger partial charge in [0.25, 0.3) is 0 Å². The van der Waals surface area contributed by atoms with E-state index in [1.807, 2.05) is 19.2 Å². The van der Waals surface area contributed by atoms with Crippen LogP contribution < -0.4 is 0 Å². The van der Waals surface area contributed by atoms with Crippen molar-refractivity contribution in [2.24, 2.45) is 0 Å². The van der Waals surface area contributed by atoms with Gasteiger partial charge in [-0.3, -0.25) is 0 Å². The maximum Gasteiger partial charge on any atom is 0.328 e. The number of benzene rings is 1. The molecule has 0 saturated heterocycles. The van der Waals surface area contributed by atoms with E-state index in [1.54, 1.807) is 0 Å². The van der Waals surface area contributed by atoms with Gasteiger partial charge in [-0.25, -0.2) is 4.79 Å². The van der Waals surface area contributed by atoms with Crippen LogP contribution in [0.5, 0.6) is 0 Å². The molecule has 1 aliphatic rings. The Morgan fingerprint density at radius 3 is 2.90 bits per heavy atom. The zero-order valence-corrected chi connectivity index (χ0v) is 13.0. The Morgan fingerprint density at radius 2 is 2.19 bits per heavy atom. The van der Waals surface area contributed by atoms with Crippen molar-refractivity contribution >= 4 is 47.0 Å². The molecule has 0 aliphatic carbocycles. The number of nitrogens with zero attached hydrogens (tertiary/aromatic N) is 1. The first-order valence-corrected chi connectivity index (χ1v) is 6.76. The fourth-order valence-corrected chi connectivity index (χ4v) is 2.91. The van der Waals surface area contributed by atoms with Crippen LogP contribution in [0.1, 0.15) is 16.9 Å². The summed E-state index contributed by atoms with van der Waals surface area (Å²) in [6.07, 6.45) is 3.47. The van der Waals surface area contributed by atoms with Gasteiger partial charge < -0.3 is 14.4 Å². The van der Waals surface area contributed by atoms with Crippen LogP contribution in [0.3, 0.4) is 0 Å². The number of hydrogen-bond donors (Lipinski definition) is 1. The summed E-state index contributed by atoms with van der Waals surface area (Å²) < 4.78 is 5.78. The lowest BCUT2D eigenvalue weighted by Gasteiger charge is -2.12. The van der Waals surface area contributed by atoms with Gasteiger partial charge in [0.2, 0.25) is 0 Å². The molecule has 1 aromatic heterocycles. The van der Waals surface area contributed by atoms with Crippen LogP contribution in [-0.2, 0) is 17.8 Å². The van der Waals surface area contributed by atoms with Crippen molar-refractivity contribution in [1.82, 2.24) is 4.90 Å². The minimum absolute atomic E-state index is 0. The molecule has 1 aliphatic heterocycles. The van der Waals surface area contributed by atoms with Gasteiger partial charge >= 0.3 is 5.97 Å². The second-order valence-electron chi connectivity index (χ2n) is 5.00. The first kappa shape index (κ1) is 15.9. The number of rotatable bonds is 2. The molecule has 2 heterocycles. The Bertz CT molecular complexity index is 721. The molecule has 0 radical (unpaired) electrons. The number of carboxylic acids is 1. The molecule has 21 heavy (non-hydrogen) atoms. The molecule has 0 bridgehead atoms. The van der Waals surface area contributed by atoms with Crippen LogP contribution >= 0.6 is 24.0 Å². The molecule has 112 valence electrons. The minimum atomic E-state index is -0.988. The van der Waals surface area contributed by atoms with Crippen molar-refractivity contribution in [3.63, 3.8) is 0 Å². The molecule has 0 unspecified atom stereocenters. The van der Waals surface area contributed by atoms with Crippen LogP contribution in [0.2, 0.25) is 5.02 Å². The van der Waals surface area contributed by atoms with E-state index in [0.29, 0.717) is 5.76 Å². The molecule has 4 nitrogen and oxygen atoms in total. The maximum atomic E-state index is 10.7. The molecule has 1 N–H and O–H groups in total. The lowest BCUT2D eigenvalue weighted by Crippen LogP contribution is -2.18. The van der Waals surface area contributed by atoms with E-state index >= 15 is 0 Å². The number of hydrogen-bond acceptors (Lipinski definition) is 3. The SMILES string of the molecule is CN1CCc2c(Cl)ccc3oc(C=CC(=O)O)c(c23)C1.Cl. The molecule has 0 amide bonds. The van der Waals surface area contributed by atoms with Crippen molar-refractivity contribution in [1.29, 1.82) is 0 Å². The first-order valence-electron chi connectivity index (χ1n) is 6.38. The maximum absolute atomic E-state index is 10.7. The van der Waals surface area contributed by atoms with E-state index in [9.17, 15) is 4.79 Å². The second kappa shape index (κ2) is 6.10. The lowest BCUT2D eigenvalue weighted by molar-refractivity contribution is -0.131. The Morgan fingerprint density at radius 1 is 1.43 bits per heavy atom. The van der Waals surface area contributed by atoms with Crippen LogP contribution in [0.15, 0.2) is 22.6 Å². The topological polar surface area (TPSA) is 53.7 Å². The highest BCUT2D eigenvalue weighted by atomic mass is 35.5. The lowest BCUT2D eigenvalue weighted by atomic mass is 10.0. The molecule has 0 fully saturated rings. The van der Waals surface area contributed by atoms with Gasteiger partial charge in [0.1, 0.15) is 11.3 Å². The summed E-state index contributed by atoms with van der Waals surface area (Å²) in [6.45, 7) is 1.63. The third-order valence-corrected chi connectivity index (χ3v) is 3.94. The Hall–Kier alpha value is -1.49. The van der Waals surface area contributed by atoms with Gasteiger partial charge in [0.05, 0.1) is 0 Å². The van der Waals surface area contributed by atoms with Crippen LogP contribution in [0.4, 0.5) is 0 Å². The normalized spacial score (nSPS) is 15.1. The quantitative estimate of drug-likeness (QED) is 0.856. The third kappa shape index (κ3) is 2.93. The molecular formula is C15H15Cl2NO3. The molecule has 0 saturated carbocycles. The van der Waals surface area contributed by atoms with E-state index in [0.717, 1.165) is 52.7 Å². The number of halogens is 2. The smallest absolute Gasteiger partial charge is 0.328 e. The largest absolute Gasteiger partial charge is 0.478 e. The average Bonchev–Trinajstić information content (AvgIpc) is 2.62. The molecule has 0 spiro atoms. The van der Waals surface area contributed by atoms with Crippen LogP contribution in [0.25, 0.3) is 17.0 Å². The van der Waals surface area contributed by atoms with Gasteiger partial charge in [0.15, 0.2) is 0 Å². The first-order chi connectivity index (χ1) is 9.56. The van der Waals surface area contributed by atoms with Crippen molar-refractivity contribution in [3.8, 4) is 0 Å². The minimum Gasteiger partial charge on any atom is -0.478 e. The molecule has 3 rings (SSSR count). The van der Waals surface area contributed by atoms with Crippen LogP contribution in [0, 0.1) is 0 Å². The van der Waals surface area contributed by atoms with E-state index in [4.69, 9.17) is 21.1 Å². The van der Waals surface area contributed by atoms with E-state index < -0.39 is 5.97 Å². The number of carbonyl (C=O) groups is 1. The summed E-state index contributed by atoms with van der Waals surface area (Å²) >= 11 is 6.29. The van der Waals surface area contributed by atoms with Gasteiger partial charge in [-0.2, -0.15) is 0 Å². The van der Waals surface area contributed by atoms with Crippen molar-refractivity contribution in [2.45, 2.75) is 13.0 Å². The van der Waals surface area contributed by atoms with Gasteiger partial charge in [-0.15, -0.1) is 12.4 Å². The van der Waals surface area contributed by atoms with E-state index in [2.05, 4.69) is 4.90 Å². The Labute approximate surface area is 133 Å². The van der Waals surface area contributed by atoms with Crippen LogP contribution in [-0.4, -0.2) is 29.6 Å².